The lowest BCUT2D eigenvalue weighted by Gasteiger charge is -2.29. The number of benzene rings is 1. The first-order valence-corrected chi connectivity index (χ1v) is 8.00. The Labute approximate surface area is 125 Å². The summed E-state index contributed by atoms with van der Waals surface area (Å²) in [6.07, 6.45) is 0. The molecule has 0 heterocycles. The Morgan fingerprint density at radius 3 is 1.20 bits per heavy atom. The molecule has 0 spiro atoms. The van der Waals surface area contributed by atoms with Crippen molar-refractivity contribution < 1.29 is 5.11 Å². The number of hydrogen-bond donors (Lipinski definition) is 1. The van der Waals surface area contributed by atoms with Gasteiger partial charge in [0.1, 0.15) is 5.75 Å². The van der Waals surface area contributed by atoms with E-state index in [1.807, 2.05) is 0 Å². The van der Waals surface area contributed by atoms with E-state index in [4.69, 9.17) is 0 Å². The fourth-order valence-electron chi connectivity index (χ4n) is 3.60. The molecule has 0 aliphatic carbocycles. The van der Waals surface area contributed by atoms with Crippen LogP contribution in [0.5, 0.6) is 5.75 Å². The van der Waals surface area contributed by atoms with Crippen molar-refractivity contribution in [1.29, 1.82) is 0 Å². The lowest BCUT2D eigenvalue weighted by Crippen LogP contribution is -2.11. The van der Waals surface area contributed by atoms with Gasteiger partial charge in [-0.3, -0.25) is 0 Å². The van der Waals surface area contributed by atoms with Gasteiger partial charge in [-0.05, 0) is 52.8 Å². The van der Waals surface area contributed by atoms with Gasteiger partial charge in [-0.2, -0.15) is 0 Å². The molecule has 0 aliphatic rings. The Morgan fingerprint density at radius 2 is 0.900 bits per heavy atom. The maximum absolute atomic E-state index is 10.8. The van der Waals surface area contributed by atoms with E-state index in [0.717, 1.165) is 11.1 Å². The van der Waals surface area contributed by atoms with Gasteiger partial charge in [0.05, 0.1) is 0 Å². The Balaban J connectivity index is 3.91. The van der Waals surface area contributed by atoms with Gasteiger partial charge in [-0.1, -0.05) is 55.4 Å². The highest BCUT2D eigenvalue weighted by Crippen LogP contribution is 2.45. The summed E-state index contributed by atoms with van der Waals surface area (Å²) in [6.45, 7) is 19.9. The molecule has 1 aromatic rings. The number of rotatable bonds is 4. The van der Waals surface area contributed by atoms with E-state index in [2.05, 4.69) is 62.3 Å². The van der Waals surface area contributed by atoms with E-state index in [0.29, 0.717) is 29.4 Å². The molecule has 0 saturated carbocycles. The van der Waals surface area contributed by atoms with Crippen LogP contribution in [0.3, 0.4) is 0 Å². The van der Waals surface area contributed by atoms with Crippen molar-refractivity contribution in [3.8, 4) is 5.75 Å². The average Bonchev–Trinajstić information content (AvgIpc) is 2.25. The summed E-state index contributed by atoms with van der Waals surface area (Å²) >= 11 is 0. The molecule has 1 rings (SSSR count). The van der Waals surface area contributed by atoms with E-state index in [1.54, 1.807) is 0 Å². The van der Waals surface area contributed by atoms with Crippen molar-refractivity contribution in [2.24, 2.45) is 0 Å². The molecule has 1 N–H and O–H groups in total. The molecule has 0 amide bonds. The third-order valence-electron chi connectivity index (χ3n) is 4.21. The molecule has 0 unspecified atom stereocenters. The van der Waals surface area contributed by atoms with Crippen LogP contribution in [0.25, 0.3) is 0 Å². The molecular formula is C19H32O. The number of phenolic OH excluding ortho intramolecular Hbond substituents is 1. The topological polar surface area (TPSA) is 20.2 Å². The smallest absolute Gasteiger partial charge is 0.123 e. The van der Waals surface area contributed by atoms with Crippen molar-refractivity contribution in [3.63, 3.8) is 0 Å². The number of hydrogen-bond acceptors (Lipinski definition) is 1. The molecule has 0 fully saturated rings. The zero-order valence-corrected chi connectivity index (χ0v) is 14.8. The second-order valence-corrected chi connectivity index (χ2v) is 7.25. The van der Waals surface area contributed by atoms with E-state index >= 15 is 0 Å². The van der Waals surface area contributed by atoms with Crippen LogP contribution in [-0.4, -0.2) is 5.11 Å². The summed E-state index contributed by atoms with van der Waals surface area (Å²) in [4.78, 5) is 0. The molecule has 1 nitrogen and oxygen atoms in total. The lowest BCUT2D eigenvalue weighted by molar-refractivity contribution is 0.450. The van der Waals surface area contributed by atoms with Crippen LogP contribution >= 0.6 is 0 Å². The van der Waals surface area contributed by atoms with Gasteiger partial charge >= 0.3 is 0 Å². The van der Waals surface area contributed by atoms with E-state index in [1.165, 1.54) is 16.7 Å². The van der Waals surface area contributed by atoms with Gasteiger partial charge in [0.25, 0.3) is 0 Å². The minimum absolute atomic E-state index is 0.350. The van der Waals surface area contributed by atoms with Crippen LogP contribution in [0.1, 0.15) is 107 Å². The largest absolute Gasteiger partial charge is 0.507 e. The van der Waals surface area contributed by atoms with Crippen molar-refractivity contribution in [2.75, 3.05) is 0 Å². The predicted octanol–water partition coefficient (Wildman–Crippen LogP) is 6.19. The molecule has 0 radical (unpaired) electrons. The van der Waals surface area contributed by atoms with Crippen molar-refractivity contribution in [3.05, 3.63) is 27.8 Å². The molecular weight excluding hydrogens is 244 g/mol. The summed E-state index contributed by atoms with van der Waals surface area (Å²) in [5.41, 5.74) is 6.42. The van der Waals surface area contributed by atoms with Gasteiger partial charge in [-0.25, -0.2) is 0 Å². The summed E-state index contributed by atoms with van der Waals surface area (Å²) in [7, 11) is 0. The minimum atomic E-state index is 0.350. The van der Waals surface area contributed by atoms with Crippen LogP contribution in [0.15, 0.2) is 0 Å². The quantitative estimate of drug-likeness (QED) is 0.694. The number of aromatic hydroxyl groups is 1. The van der Waals surface area contributed by atoms with E-state index < -0.39 is 0 Å². The Bertz CT molecular complexity index is 444. The Kier molecular flexibility index (Phi) is 5.29. The van der Waals surface area contributed by atoms with Gasteiger partial charge in [0, 0.05) is 5.56 Å². The fraction of sp³-hybridized carbons (Fsp3) is 0.684. The molecule has 1 aromatic carbocycles. The highest BCUT2D eigenvalue weighted by Gasteiger charge is 2.26. The molecule has 0 atom stereocenters. The highest BCUT2D eigenvalue weighted by atomic mass is 16.3. The average molecular weight is 276 g/mol. The highest BCUT2D eigenvalue weighted by molar-refractivity contribution is 5.59. The van der Waals surface area contributed by atoms with E-state index in [-0.39, 0.29) is 0 Å². The standard InChI is InChI=1S/C19H32O/c1-10(2)15-14(9)16(11(3)4)19(20)18(13(7)8)17(15)12(5)6/h10-13,20H,1-9H3. The van der Waals surface area contributed by atoms with Gasteiger partial charge in [0.15, 0.2) is 0 Å². The third-order valence-corrected chi connectivity index (χ3v) is 4.21. The second kappa shape index (κ2) is 6.20. The minimum Gasteiger partial charge on any atom is -0.507 e. The maximum Gasteiger partial charge on any atom is 0.123 e. The Hall–Kier alpha value is -0.980. The summed E-state index contributed by atoms with van der Waals surface area (Å²) < 4.78 is 0. The van der Waals surface area contributed by atoms with Gasteiger partial charge in [0.2, 0.25) is 0 Å². The van der Waals surface area contributed by atoms with Gasteiger partial charge in [-0.15, -0.1) is 0 Å². The SMILES string of the molecule is Cc1c(C(C)C)c(O)c(C(C)C)c(C(C)C)c1C(C)C. The Morgan fingerprint density at radius 1 is 0.550 bits per heavy atom. The molecule has 0 saturated heterocycles. The molecule has 0 aromatic heterocycles. The molecule has 0 aliphatic heterocycles. The first kappa shape index (κ1) is 17.1. The zero-order chi connectivity index (χ0) is 15.8. The normalized spacial score (nSPS) is 12.2. The summed E-state index contributed by atoms with van der Waals surface area (Å²) in [5, 5.41) is 10.8. The van der Waals surface area contributed by atoms with Crippen LogP contribution in [0.4, 0.5) is 0 Å². The van der Waals surface area contributed by atoms with Crippen LogP contribution in [0, 0.1) is 6.92 Å². The number of phenols is 1. The molecule has 20 heavy (non-hydrogen) atoms. The monoisotopic (exact) mass is 276 g/mol. The summed E-state index contributed by atoms with van der Waals surface area (Å²) in [5.74, 6) is 2.17. The van der Waals surface area contributed by atoms with E-state index in [9.17, 15) is 5.11 Å². The second-order valence-electron chi connectivity index (χ2n) is 7.25. The lowest BCUT2D eigenvalue weighted by atomic mass is 9.76. The predicted molar refractivity (Wildman–Crippen MR) is 89.2 cm³/mol. The molecule has 1 heteroatoms. The van der Waals surface area contributed by atoms with Crippen molar-refractivity contribution in [1.82, 2.24) is 0 Å². The third kappa shape index (κ3) is 2.87. The summed E-state index contributed by atoms with van der Waals surface area (Å²) in [6, 6.07) is 0. The van der Waals surface area contributed by atoms with Crippen LogP contribution in [0.2, 0.25) is 0 Å². The zero-order valence-electron chi connectivity index (χ0n) is 14.8. The van der Waals surface area contributed by atoms with Crippen molar-refractivity contribution >= 4 is 0 Å². The van der Waals surface area contributed by atoms with Crippen LogP contribution < -0.4 is 0 Å². The fourth-order valence-corrected chi connectivity index (χ4v) is 3.60. The van der Waals surface area contributed by atoms with Gasteiger partial charge < -0.3 is 5.11 Å². The first-order valence-electron chi connectivity index (χ1n) is 8.00. The van der Waals surface area contributed by atoms with Crippen LogP contribution in [-0.2, 0) is 0 Å². The first-order chi connectivity index (χ1) is 9.11. The maximum atomic E-state index is 10.8. The molecule has 114 valence electrons. The van der Waals surface area contributed by atoms with Crippen molar-refractivity contribution in [2.45, 2.75) is 86.0 Å². The molecule has 0 bridgehead atoms.